The van der Waals surface area contributed by atoms with E-state index < -0.39 is 12.0 Å². The zero-order valence-corrected chi connectivity index (χ0v) is 15.0. The van der Waals surface area contributed by atoms with Crippen LogP contribution in [0, 0.1) is 0 Å². The van der Waals surface area contributed by atoms with E-state index >= 15 is 0 Å². The van der Waals surface area contributed by atoms with Gasteiger partial charge < -0.3 is 4.74 Å². The van der Waals surface area contributed by atoms with Gasteiger partial charge in [-0.15, -0.1) is 0 Å². The van der Waals surface area contributed by atoms with Crippen molar-refractivity contribution >= 4 is 16.7 Å². The van der Waals surface area contributed by atoms with E-state index in [2.05, 4.69) is 6.92 Å². The molecule has 4 nitrogen and oxygen atoms in total. The maximum Gasteiger partial charge on any atom is 0.284 e. The number of unbranched alkanes of at least 4 members (excludes halogenated alkanes) is 6. The van der Waals surface area contributed by atoms with Crippen LogP contribution >= 0.6 is 0 Å². The van der Waals surface area contributed by atoms with Crippen molar-refractivity contribution in [3.8, 4) is 5.75 Å². The predicted molar refractivity (Wildman–Crippen MR) is 101 cm³/mol. The highest BCUT2D eigenvalue weighted by Gasteiger charge is 2.19. The van der Waals surface area contributed by atoms with E-state index in [1.807, 2.05) is 42.5 Å². The summed E-state index contributed by atoms with van der Waals surface area (Å²) in [6, 6.07) is 13.8. The van der Waals surface area contributed by atoms with Gasteiger partial charge in [-0.3, -0.25) is 10.0 Å². The molecule has 2 rings (SSSR count). The van der Waals surface area contributed by atoms with Gasteiger partial charge in [0.1, 0.15) is 5.75 Å². The number of hydroxylamine groups is 1. The molecular weight excluding hydrogens is 314 g/mol. The summed E-state index contributed by atoms with van der Waals surface area (Å²) in [6.07, 6.45) is 8.19. The first kappa shape index (κ1) is 19.3. The Bertz CT molecular complexity index is 656. The van der Waals surface area contributed by atoms with Crippen LogP contribution < -0.4 is 10.2 Å². The lowest BCUT2D eigenvalue weighted by atomic mass is 10.1. The molecule has 0 aliphatic rings. The molecule has 2 N–H and O–H groups in total. The highest BCUT2D eigenvalue weighted by Crippen LogP contribution is 2.22. The van der Waals surface area contributed by atoms with Gasteiger partial charge in [0.2, 0.25) is 0 Å². The van der Waals surface area contributed by atoms with Gasteiger partial charge in [-0.2, -0.15) is 0 Å². The van der Waals surface area contributed by atoms with Gasteiger partial charge in [0, 0.05) is 0 Å². The molecule has 136 valence electrons. The van der Waals surface area contributed by atoms with E-state index in [-0.39, 0.29) is 0 Å². The Hall–Kier alpha value is -2.07. The molecule has 0 saturated heterocycles. The smallest absolute Gasteiger partial charge is 0.284 e. The van der Waals surface area contributed by atoms with Gasteiger partial charge in [-0.25, -0.2) is 5.48 Å². The average molecular weight is 343 g/mol. The highest BCUT2D eigenvalue weighted by atomic mass is 16.5. The molecule has 1 atom stereocenters. The molecule has 0 radical (unpaired) electrons. The van der Waals surface area contributed by atoms with Crippen molar-refractivity contribution in [2.24, 2.45) is 0 Å². The zero-order chi connectivity index (χ0) is 17.9. The van der Waals surface area contributed by atoms with Crippen LogP contribution in [0.2, 0.25) is 0 Å². The summed E-state index contributed by atoms with van der Waals surface area (Å²) in [5, 5.41) is 11.2. The molecule has 4 heteroatoms. The van der Waals surface area contributed by atoms with Crippen molar-refractivity contribution < 1.29 is 14.7 Å². The molecule has 0 fully saturated rings. The summed E-state index contributed by atoms with van der Waals surface area (Å²) in [7, 11) is 0. The van der Waals surface area contributed by atoms with E-state index in [0.717, 1.165) is 23.6 Å². The second-order valence-electron chi connectivity index (χ2n) is 6.50. The fraction of sp³-hybridized carbons (Fsp3) is 0.476. The molecule has 0 aromatic heterocycles. The van der Waals surface area contributed by atoms with Gasteiger partial charge in [0.05, 0.1) is 0 Å². The number of carbonyl (C=O) groups excluding carboxylic acids is 1. The SMILES string of the molecule is CCCCCCCCCC(Oc1ccc2ccccc2c1)C(=O)NO. The highest BCUT2D eigenvalue weighted by molar-refractivity contribution is 5.84. The third-order valence-electron chi connectivity index (χ3n) is 4.47. The first-order valence-electron chi connectivity index (χ1n) is 9.34. The number of hydrogen-bond acceptors (Lipinski definition) is 3. The van der Waals surface area contributed by atoms with E-state index in [1.165, 1.54) is 32.1 Å². The van der Waals surface area contributed by atoms with Crippen molar-refractivity contribution in [1.29, 1.82) is 0 Å². The molecular formula is C21H29NO3. The summed E-state index contributed by atoms with van der Waals surface area (Å²) < 4.78 is 5.85. The van der Waals surface area contributed by atoms with Gasteiger partial charge in [-0.1, -0.05) is 75.8 Å². The quantitative estimate of drug-likeness (QED) is 0.333. The Labute approximate surface area is 150 Å². The molecule has 0 aliphatic heterocycles. The number of nitrogens with one attached hydrogen (secondary N) is 1. The van der Waals surface area contributed by atoms with Crippen molar-refractivity contribution in [2.45, 2.75) is 64.4 Å². The lowest BCUT2D eigenvalue weighted by Crippen LogP contribution is -2.36. The van der Waals surface area contributed by atoms with Gasteiger partial charge in [0.25, 0.3) is 5.91 Å². The summed E-state index contributed by atoms with van der Waals surface area (Å²) in [5.74, 6) is 0.161. The van der Waals surface area contributed by atoms with E-state index in [1.54, 1.807) is 5.48 Å². The summed E-state index contributed by atoms with van der Waals surface area (Å²) in [4.78, 5) is 11.9. The van der Waals surface area contributed by atoms with E-state index in [9.17, 15) is 4.79 Å². The fourth-order valence-corrected chi connectivity index (χ4v) is 3.01. The standard InChI is InChI=1S/C21H29NO3/c1-2-3-4-5-6-7-8-13-20(21(23)22-24)25-19-15-14-17-11-9-10-12-18(17)16-19/h9-12,14-16,20,24H,2-8,13H2,1H3,(H,22,23). The van der Waals surface area contributed by atoms with Crippen molar-refractivity contribution in [3.05, 3.63) is 42.5 Å². The Morgan fingerprint density at radius 3 is 2.40 bits per heavy atom. The molecule has 0 saturated carbocycles. The lowest BCUT2D eigenvalue weighted by Gasteiger charge is -2.17. The van der Waals surface area contributed by atoms with Crippen LogP contribution in [0.3, 0.4) is 0 Å². The van der Waals surface area contributed by atoms with Crippen LogP contribution in [0.4, 0.5) is 0 Å². The van der Waals surface area contributed by atoms with Crippen LogP contribution in [0.1, 0.15) is 58.3 Å². The zero-order valence-electron chi connectivity index (χ0n) is 15.0. The molecule has 0 bridgehead atoms. The minimum Gasteiger partial charge on any atom is -0.481 e. The molecule has 0 aliphatic carbocycles. The maximum atomic E-state index is 11.9. The van der Waals surface area contributed by atoms with Crippen LogP contribution in [-0.4, -0.2) is 17.2 Å². The first-order chi connectivity index (χ1) is 12.2. The van der Waals surface area contributed by atoms with Crippen LogP contribution in [0.15, 0.2) is 42.5 Å². The third kappa shape index (κ3) is 6.39. The van der Waals surface area contributed by atoms with Gasteiger partial charge >= 0.3 is 0 Å². The Morgan fingerprint density at radius 1 is 1.00 bits per heavy atom. The summed E-state index contributed by atoms with van der Waals surface area (Å²) in [6.45, 7) is 2.21. The van der Waals surface area contributed by atoms with Crippen molar-refractivity contribution in [2.75, 3.05) is 0 Å². The molecule has 2 aromatic rings. The number of rotatable bonds is 11. The maximum absolute atomic E-state index is 11.9. The molecule has 0 heterocycles. The summed E-state index contributed by atoms with van der Waals surface area (Å²) >= 11 is 0. The third-order valence-corrected chi connectivity index (χ3v) is 4.47. The van der Waals surface area contributed by atoms with Crippen molar-refractivity contribution in [3.63, 3.8) is 0 Å². The van der Waals surface area contributed by atoms with E-state index in [4.69, 9.17) is 9.94 Å². The largest absolute Gasteiger partial charge is 0.481 e. The Kier molecular flexibility index (Phi) is 8.26. The van der Waals surface area contributed by atoms with Crippen molar-refractivity contribution in [1.82, 2.24) is 5.48 Å². The van der Waals surface area contributed by atoms with Gasteiger partial charge in [-0.05, 0) is 35.7 Å². The predicted octanol–water partition coefficient (Wildman–Crippen LogP) is 5.23. The molecule has 2 aromatic carbocycles. The second-order valence-corrected chi connectivity index (χ2v) is 6.50. The van der Waals surface area contributed by atoms with Crippen LogP contribution in [-0.2, 0) is 4.79 Å². The topological polar surface area (TPSA) is 58.6 Å². The minimum absolute atomic E-state index is 0.487. The summed E-state index contributed by atoms with van der Waals surface area (Å²) in [5.41, 5.74) is 1.73. The molecule has 25 heavy (non-hydrogen) atoms. The number of fused-ring (bicyclic) bond motifs is 1. The minimum atomic E-state index is -0.665. The number of carbonyl (C=O) groups is 1. The van der Waals surface area contributed by atoms with Gasteiger partial charge in [0.15, 0.2) is 6.10 Å². The number of hydrogen-bond donors (Lipinski definition) is 2. The Morgan fingerprint density at radius 2 is 1.68 bits per heavy atom. The molecule has 1 unspecified atom stereocenters. The number of benzene rings is 2. The molecule has 0 spiro atoms. The molecule has 1 amide bonds. The van der Waals surface area contributed by atoms with E-state index in [0.29, 0.717) is 12.2 Å². The monoisotopic (exact) mass is 343 g/mol. The average Bonchev–Trinajstić information content (AvgIpc) is 2.65. The first-order valence-corrected chi connectivity index (χ1v) is 9.34. The van der Waals surface area contributed by atoms with Crippen LogP contribution in [0.25, 0.3) is 10.8 Å². The second kappa shape index (κ2) is 10.7. The fourth-order valence-electron chi connectivity index (χ4n) is 3.01. The number of amides is 1. The van der Waals surface area contributed by atoms with Crippen LogP contribution in [0.5, 0.6) is 5.75 Å². The normalized spacial score (nSPS) is 12.1. The number of ether oxygens (including phenoxy) is 1. The Balaban J connectivity index is 1.87. The lowest BCUT2D eigenvalue weighted by molar-refractivity contribution is -0.136.